The van der Waals surface area contributed by atoms with Crippen LogP contribution < -0.4 is 14.8 Å². The van der Waals surface area contributed by atoms with E-state index in [0.29, 0.717) is 18.2 Å². The number of ether oxygens (including phenoxy) is 1. The van der Waals surface area contributed by atoms with E-state index < -0.39 is 10.0 Å². The van der Waals surface area contributed by atoms with Crippen molar-refractivity contribution in [2.75, 3.05) is 19.6 Å². The molecule has 1 heterocycles. The molecule has 118 valence electrons. The molecule has 0 radical (unpaired) electrons. The molecule has 0 saturated carbocycles. The van der Waals surface area contributed by atoms with Gasteiger partial charge >= 0.3 is 0 Å². The van der Waals surface area contributed by atoms with E-state index in [9.17, 15) is 8.42 Å². The second-order valence-corrected chi connectivity index (χ2v) is 7.45. The fourth-order valence-electron chi connectivity index (χ4n) is 2.41. The molecule has 1 aromatic carbocycles. The average Bonchev–Trinajstić information content (AvgIpc) is 2.91. The van der Waals surface area contributed by atoms with Crippen LogP contribution in [0.4, 0.5) is 0 Å². The third kappa shape index (κ3) is 4.98. The number of hydrogen-bond donors (Lipinski definition) is 2. The zero-order valence-electron chi connectivity index (χ0n) is 12.6. The minimum Gasteiger partial charge on any atom is -0.491 e. The van der Waals surface area contributed by atoms with Crippen molar-refractivity contribution in [1.82, 2.24) is 10.0 Å². The zero-order chi connectivity index (χ0) is 15.3. The number of sulfonamides is 1. The van der Waals surface area contributed by atoms with Crippen molar-refractivity contribution in [2.24, 2.45) is 5.92 Å². The third-order valence-electron chi connectivity index (χ3n) is 3.51. The number of nitrogens with one attached hydrogen (secondary N) is 2. The Morgan fingerprint density at radius 1 is 1.33 bits per heavy atom. The highest BCUT2D eigenvalue weighted by atomic mass is 32.2. The number of benzene rings is 1. The molecule has 0 aromatic heterocycles. The first-order chi connectivity index (χ1) is 9.97. The predicted octanol–water partition coefficient (Wildman–Crippen LogP) is 1.75. The Morgan fingerprint density at radius 2 is 2.05 bits per heavy atom. The van der Waals surface area contributed by atoms with Crippen LogP contribution in [0.15, 0.2) is 29.2 Å². The van der Waals surface area contributed by atoms with Gasteiger partial charge in [0.15, 0.2) is 0 Å². The summed E-state index contributed by atoms with van der Waals surface area (Å²) in [6.45, 7) is 6.38. The maximum atomic E-state index is 12.2. The van der Waals surface area contributed by atoms with Gasteiger partial charge in [-0.25, -0.2) is 13.1 Å². The Balaban J connectivity index is 1.88. The van der Waals surface area contributed by atoms with E-state index in [4.69, 9.17) is 4.74 Å². The monoisotopic (exact) mass is 312 g/mol. The van der Waals surface area contributed by atoms with Crippen molar-refractivity contribution in [3.63, 3.8) is 0 Å². The summed E-state index contributed by atoms with van der Waals surface area (Å²) < 4.78 is 32.5. The van der Waals surface area contributed by atoms with Gasteiger partial charge in [-0.1, -0.05) is 0 Å². The van der Waals surface area contributed by atoms with Crippen LogP contribution in [0.1, 0.15) is 26.7 Å². The predicted molar refractivity (Wildman–Crippen MR) is 83.0 cm³/mol. The zero-order valence-corrected chi connectivity index (χ0v) is 13.4. The first-order valence-electron chi connectivity index (χ1n) is 7.44. The van der Waals surface area contributed by atoms with Crippen molar-refractivity contribution in [2.45, 2.75) is 37.7 Å². The molecule has 0 aliphatic carbocycles. The summed E-state index contributed by atoms with van der Waals surface area (Å²) in [4.78, 5) is 0.281. The van der Waals surface area contributed by atoms with E-state index >= 15 is 0 Å². The highest BCUT2D eigenvalue weighted by Crippen LogP contribution is 2.17. The Labute approximate surface area is 127 Å². The quantitative estimate of drug-likeness (QED) is 0.805. The van der Waals surface area contributed by atoms with Gasteiger partial charge in [0, 0.05) is 6.54 Å². The molecule has 5 nitrogen and oxygen atoms in total. The van der Waals surface area contributed by atoms with Gasteiger partial charge < -0.3 is 10.1 Å². The fraction of sp³-hybridized carbons (Fsp3) is 0.600. The lowest BCUT2D eigenvalue weighted by molar-refractivity contribution is 0.242. The van der Waals surface area contributed by atoms with E-state index in [1.807, 2.05) is 13.8 Å². The first-order valence-corrected chi connectivity index (χ1v) is 8.93. The van der Waals surface area contributed by atoms with Crippen LogP contribution in [-0.4, -0.2) is 34.2 Å². The van der Waals surface area contributed by atoms with Crippen molar-refractivity contribution in [1.29, 1.82) is 0 Å². The lowest BCUT2D eigenvalue weighted by atomic mass is 10.1. The van der Waals surface area contributed by atoms with E-state index in [1.54, 1.807) is 24.3 Å². The maximum Gasteiger partial charge on any atom is 0.240 e. The third-order valence-corrected chi connectivity index (χ3v) is 4.99. The number of rotatable bonds is 7. The molecular weight excluding hydrogens is 288 g/mol. The largest absolute Gasteiger partial charge is 0.491 e. The van der Waals surface area contributed by atoms with E-state index in [2.05, 4.69) is 10.0 Å². The Morgan fingerprint density at radius 3 is 2.62 bits per heavy atom. The van der Waals surface area contributed by atoms with Crippen LogP contribution >= 0.6 is 0 Å². The van der Waals surface area contributed by atoms with Crippen LogP contribution in [0, 0.1) is 5.92 Å². The molecule has 0 amide bonds. The maximum absolute atomic E-state index is 12.2. The normalized spacial score (nSPS) is 19.1. The molecule has 1 aliphatic rings. The van der Waals surface area contributed by atoms with Crippen molar-refractivity contribution in [3.05, 3.63) is 24.3 Å². The van der Waals surface area contributed by atoms with Crippen LogP contribution in [0.5, 0.6) is 5.75 Å². The summed E-state index contributed by atoms with van der Waals surface area (Å²) in [7, 11) is -3.42. The second kappa shape index (κ2) is 7.24. The molecule has 1 aromatic rings. The minimum atomic E-state index is -3.42. The molecule has 1 atom stereocenters. The van der Waals surface area contributed by atoms with Crippen molar-refractivity contribution >= 4 is 10.0 Å². The van der Waals surface area contributed by atoms with E-state index in [1.165, 1.54) is 0 Å². The molecule has 21 heavy (non-hydrogen) atoms. The van der Waals surface area contributed by atoms with Gasteiger partial charge in [-0.05, 0) is 70.0 Å². The minimum absolute atomic E-state index is 0.0746. The molecular formula is C15H24N2O3S. The smallest absolute Gasteiger partial charge is 0.240 e. The molecule has 1 fully saturated rings. The summed E-state index contributed by atoms with van der Waals surface area (Å²) in [5, 5.41) is 3.28. The van der Waals surface area contributed by atoms with Crippen molar-refractivity contribution in [3.8, 4) is 5.75 Å². The average molecular weight is 312 g/mol. The van der Waals surface area contributed by atoms with Gasteiger partial charge in [0.25, 0.3) is 0 Å². The van der Waals surface area contributed by atoms with E-state index in [0.717, 1.165) is 25.9 Å². The summed E-state index contributed by atoms with van der Waals surface area (Å²) in [5.74, 6) is 1.26. The summed E-state index contributed by atoms with van der Waals surface area (Å²) in [6.07, 6.45) is 2.08. The van der Waals surface area contributed by atoms with Crippen LogP contribution in [-0.2, 0) is 10.0 Å². The standard InChI is InChI=1S/C15H24N2O3S/c1-12(2)20-14-3-5-15(6-4-14)21(18,19)17-10-8-13-7-9-16-11-13/h3-6,12-13,16-17H,7-11H2,1-2H3. The van der Waals surface area contributed by atoms with Gasteiger partial charge in [-0.2, -0.15) is 0 Å². The lowest BCUT2D eigenvalue weighted by Gasteiger charge is -2.12. The summed E-state index contributed by atoms with van der Waals surface area (Å²) in [5.41, 5.74) is 0. The highest BCUT2D eigenvalue weighted by molar-refractivity contribution is 7.89. The Bertz CT molecular complexity index is 535. The van der Waals surface area contributed by atoms with Crippen molar-refractivity contribution < 1.29 is 13.2 Å². The summed E-state index contributed by atoms with van der Waals surface area (Å²) in [6, 6.07) is 6.54. The first kappa shape index (κ1) is 16.3. The van der Waals surface area contributed by atoms with Gasteiger partial charge in [0.1, 0.15) is 5.75 Å². The Kier molecular flexibility index (Phi) is 5.61. The van der Waals surface area contributed by atoms with Gasteiger partial charge in [0.05, 0.1) is 11.0 Å². The lowest BCUT2D eigenvalue weighted by Crippen LogP contribution is -2.26. The molecule has 0 spiro atoms. The highest BCUT2D eigenvalue weighted by Gasteiger charge is 2.17. The van der Waals surface area contributed by atoms with Gasteiger partial charge in [-0.15, -0.1) is 0 Å². The fourth-order valence-corrected chi connectivity index (χ4v) is 3.46. The molecule has 0 bridgehead atoms. The van der Waals surface area contributed by atoms with E-state index in [-0.39, 0.29) is 11.0 Å². The molecule has 1 aliphatic heterocycles. The second-order valence-electron chi connectivity index (χ2n) is 5.68. The van der Waals surface area contributed by atoms with Crippen LogP contribution in [0.25, 0.3) is 0 Å². The van der Waals surface area contributed by atoms with Crippen LogP contribution in [0.2, 0.25) is 0 Å². The molecule has 1 unspecified atom stereocenters. The SMILES string of the molecule is CC(C)Oc1ccc(S(=O)(=O)NCCC2CCNC2)cc1. The Hall–Kier alpha value is -1.11. The van der Waals surface area contributed by atoms with Crippen LogP contribution in [0.3, 0.4) is 0 Å². The molecule has 6 heteroatoms. The van der Waals surface area contributed by atoms with Gasteiger partial charge in [-0.3, -0.25) is 0 Å². The molecule has 2 N–H and O–H groups in total. The number of hydrogen-bond acceptors (Lipinski definition) is 4. The molecule has 1 saturated heterocycles. The van der Waals surface area contributed by atoms with Gasteiger partial charge in [0.2, 0.25) is 10.0 Å². The summed E-state index contributed by atoms with van der Waals surface area (Å²) >= 11 is 0. The topological polar surface area (TPSA) is 67.4 Å². The molecule has 2 rings (SSSR count).